The van der Waals surface area contributed by atoms with Crippen LogP contribution < -0.4 is 9.47 Å². The molecule has 0 aliphatic rings. The summed E-state index contributed by atoms with van der Waals surface area (Å²) >= 11 is 6.18. The third-order valence-electron chi connectivity index (χ3n) is 5.26. The lowest BCUT2D eigenvalue weighted by atomic mass is 10.0. The van der Waals surface area contributed by atoms with Gasteiger partial charge in [0, 0.05) is 48.8 Å². The van der Waals surface area contributed by atoms with Crippen LogP contribution >= 0.6 is 11.6 Å². The van der Waals surface area contributed by atoms with Crippen molar-refractivity contribution in [1.82, 2.24) is 4.98 Å². The molecule has 0 radical (unpaired) electrons. The number of phenols is 1. The number of halogens is 1. The number of ketones is 1. The molecule has 1 heterocycles. The average molecular weight is 539 g/mol. The number of phenolic OH excluding ortho intramolecular Hbond substituents is 1. The van der Waals surface area contributed by atoms with E-state index in [4.69, 9.17) is 25.8 Å². The van der Waals surface area contributed by atoms with E-state index in [9.17, 15) is 19.5 Å². The smallest absolute Gasteiger partial charge is 0.345 e. The number of aliphatic imine (C=N–C) groups is 1. The quantitative estimate of drug-likeness (QED) is 0.215. The number of methoxy groups -OCH3 is 1. The normalized spacial score (nSPS) is 11.9. The number of aromatic nitrogens is 1. The zero-order valence-corrected chi connectivity index (χ0v) is 21.8. The highest BCUT2D eigenvalue weighted by Gasteiger charge is 2.20. The maximum Gasteiger partial charge on any atom is 0.345 e. The number of esters is 2. The average Bonchev–Trinajstić information content (AvgIpc) is 2.90. The van der Waals surface area contributed by atoms with Crippen LogP contribution in [0.3, 0.4) is 0 Å². The van der Waals surface area contributed by atoms with Crippen molar-refractivity contribution in [3.05, 3.63) is 82.6 Å². The molecule has 0 saturated carbocycles. The van der Waals surface area contributed by atoms with E-state index in [2.05, 4.69) is 9.98 Å². The van der Waals surface area contributed by atoms with E-state index >= 15 is 0 Å². The van der Waals surface area contributed by atoms with Crippen LogP contribution in [0.1, 0.15) is 35.3 Å². The second-order valence-electron chi connectivity index (χ2n) is 8.59. The second-order valence-corrected chi connectivity index (χ2v) is 9.03. The highest BCUT2D eigenvalue weighted by Crippen LogP contribution is 2.33. The summed E-state index contributed by atoms with van der Waals surface area (Å²) in [6.07, 6.45) is 4.36. The molecule has 0 saturated heterocycles. The highest BCUT2D eigenvalue weighted by atomic mass is 35.5. The SMILES string of the molecule is COCC(=O)C(Cc1ccc(OC(=O)C(C)C)cc1)N=Cc1cc(Cl)cc(OC(=O)c2cccnc2)c1O. The molecule has 0 spiro atoms. The van der Waals surface area contributed by atoms with E-state index in [-0.39, 0.29) is 58.3 Å². The van der Waals surface area contributed by atoms with Crippen molar-refractivity contribution < 1.29 is 33.7 Å². The Hall–Kier alpha value is -4.08. The molecule has 0 amide bonds. The third kappa shape index (κ3) is 7.96. The summed E-state index contributed by atoms with van der Waals surface area (Å²) in [7, 11) is 1.40. The van der Waals surface area contributed by atoms with Gasteiger partial charge in [-0.05, 0) is 35.9 Å². The van der Waals surface area contributed by atoms with E-state index in [0.717, 1.165) is 5.56 Å². The first-order chi connectivity index (χ1) is 18.2. The van der Waals surface area contributed by atoms with Crippen molar-refractivity contribution >= 4 is 35.5 Å². The minimum absolute atomic E-state index is 0.151. The van der Waals surface area contributed by atoms with Crippen molar-refractivity contribution in [2.75, 3.05) is 13.7 Å². The molecule has 1 aromatic heterocycles. The fourth-order valence-corrected chi connectivity index (χ4v) is 3.44. The molecule has 1 atom stereocenters. The Bertz CT molecular complexity index is 1310. The molecular formula is C28H27ClN2O7. The first-order valence-corrected chi connectivity index (χ1v) is 12.1. The molecule has 1 N–H and O–H groups in total. The number of aromatic hydroxyl groups is 1. The van der Waals surface area contributed by atoms with Gasteiger partial charge >= 0.3 is 11.9 Å². The number of ether oxygens (including phenoxy) is 3. The molecule has 3 rings (SSSR count). The number of benzene rings is 2. The highest BCUT2D eigenvalue weighted by molar-refractivity contribution is 6.31. The van der Waals surface area contributed by atoms with Gasteiger partial charge in [0.05, 0.1) is 11.5 Å². The maximum atomic E-state index is 12.7. The van der Waals surface area contributed by atoms with Gasteiger partial charge in [0.25, 0.3) is 0 Å². The zero-order valence-electron chi connectivity index (χ0n) is 21.1. The predicted molar refractivity (Wildman–Crippen MR) is 141 cm³/mol. The number of carbonyl (C=O) groups is 3. The van der Waals surface area contributed by atoms with Gasteiger partial charge in [-0.1, -0.05) is 37.6 Å². The van der Waals surface area contributed by atoms with Crippen LogP contribution in [0.5, 0.6) is 17.2 Å². The lowest BCUT2D eigenvalue weighted by molar-refractivity contribution is -0.137. The summed E-state index contributed by atoms with van der Waals surface area (Å²) in [5.41, 5.74) is 1.11. The van der Waals surface area contributed by atoms with E-state index < -0.39 is 12.0 Å². The number of pyridine rings is 1. The number of hydrogen-bond acceptors (Lipinski definition) is 9. The van der Waals surface area contributed by atoms with E-state index in [1.54, 1.807) is 44.2 Å². The van der Waals surface area contributed by atoms with Crippen LogP contribution in [0.15, 0.2) is 65.9 Å². The Kier molecular flexibility index (Phi) is 10.1. The molecule has 2 aromatic carbocycles. The molecule has 38 heavy (non-hydrogen) atoms. The molecule has 0 fully saturated rings. The number of hydrogen-bond donors (Lipinski definition) is 1. The molecule has 198 valence electrons. The van der Waals surface area contributed by atoms with E-state index in [0.29, 0.717) is 5.75 Å². The standard InChI is InChI=1S/C28H27ClN2O7/c1-17(2)27(34)37-22-8-6-18(7-9-22)11-23(24(32)16-36-3)31-15-20-12-21(29)13-25(26(20)33)38-28(35)19-5-4-10-30-14-19/h4-10,12-15,17,23,33H,11,16H2,1-3H3. The number of rotatable bonds is 11. The Balaban J connectivity index is 1.80. The molecule has 0 bridgehead atoms. The van der Waals surface area contributed by atoms with Crippen LogP contribution in [0.2, 0.25) is 5.02 Å². The van der Waals surface area contributed by atoms with Gasteiger partial charge in [-0.15, -0.1) is 0 Å². The molecule has 10 heteroatoms. The summed E-state index contributed by atoms with van der Waals surface area (Å²) in [4.78, 5) is 45.1. The Morgan fingerprint density at radius 3 is 2.47 bits per heavy atom. The molecule has 3 aromatic rings. The summed E-state index contributed by atoms with van der Waals surface area (Å²) in [5.74, 6) is -1.76. The lowest BCUT2D eigenvalue weighted by Gasteiger charge is -2.13. The largest absolute Gasteiger partial charge is 0.504 e. The second kappa shape index (κ2) is 13.5. The van der Waals surface area contributed by atoms with Crippen LogP contribution in [0.25, 0.3) is 0 Å². The van der Waals surface area contributed by atoms with Crippen LogP contribution in [0.4, 0.5) is 0 Å². The third-order valence-corrected chi connectivity index (χ3v) is 5.48. The number of carbonyl (C=O) groups excluding carboxylic acids is 3. The molecule has 0 aliphatic heterocycles. The van der Waals surface area contributed by atoms with Crippen molar-refractivity contribution in [3.63, 3.8) is 0 Å². The summed E-state index contributed by atoms with van der Waals surface area (Å²) in [6, 6.07) is 11.7. The van der Waals surface area contributed by atoms with Gasteiger partial charge in [-0.2, -0.15) is 0 Å². The van der Waals surface area contributed by atoms with Gasteiger partial charge in [0.15, 0.2) is 17.3 Å². The van der Waals surface area contributed by atoms with Gasteiger partial charge in [0.2, 0.25) is 0 Å². The first kappa shape index (κ1) is 28.5. The van der Waals surface area contributed by atoms with Gasteiger partial charge in [0.1, 0.15) is 18.4 Å². The van der Waals surface area contributed by atoms with Gasteiger partial charge in [-0.25, -0.2) is 4.79 Å². The number of nitrogens with zero attached hydrogens (tertiary/aromatic N) is 2. The Morgan fingerprint density at radius 1 is 1.11 bits per heavy atom. The first-order valence-electron chi connectivity index (χ1n) is 11.7. The van der Waals surface area contributed by atoms with Crippen molar-refractivity contribution in [2.24, 2.45) is 10.9 Å². The predicted octanol–water partition coefficient (Wildman–Crippen LogP) is 4.47. The van der Waals surface area contributed by atoms with E-state index in [1.165, 1.54) is 43.9 Å². The van der Waals surface area contributed by atoms with Crippen LogP contribution in [0, 0.1) is 5.92 Å². The fourth-order valence-electron chi connectivity index (χ4n) is 3.22. The molecular weight excluding hydrogens is 512 g/mol. The van der Waals surface area contributed by atoms with Crippen LogP contribution in [-0.2, 0) is 20.7 Å². The monoisotopic (exact) mass is 538 g/mol. The Morgan fingerprint density at radius 2 is 1.84 bits per heavy atom. The van der Waals surface area contributed by atoms with Crippen molar-refractivity contribution in [1.29, 1.82) is 0 Å². The van der Waals surface area contributed by atoms with Crippen LogP contribution in [-0.4, -0.2) is 53.8 Å². The van der Waals surface area contributed by atoms with Gasteiger partial charge < -0.3 is 19.3 Å². The molecule has 0 aliphatic carbocycles. The fraction of sp³-hybridized carbons (Fsp3) is 0.250. The summed E-state index contributed by atoms with van der Waals surface area (Å²) in [5, 5.41) is 10.9. The van der Waals surface area contributed by atoms with Crippen molar-refractivity contribution in [2.45, 2.75) is 26.3 Å². The van der Waals surface area contributed by atoms with Crippen molar-refractivity contribution in [3.8, 4) is 17.2 Å². The Labute approximate surface area is 225 Å². The van der Waals surface area contributed by atoms with Gasteiger partial charge in [-0.3, -0.25) is 19.6 Å². The summed E-state index contributed by atoms with van der Waals surface area (Å²) < 4.78 is 15.6. The number of Topliss-reactive ketones (excluding diaryl/α,β-unsaturated/α-hetero) is 1. The molecule has 1 unspecified atom stereocenters. The lowest BCUT2D eigenvalue weighted by Crippen LogP contribution is -2.25. The topological polar surface area (TPSA) is 124 Å². The van der Waals surface area contributed by atoms with E-state index in [1.807, 2.05) is 0 Å². The minimum atomic E-state index is -0.848. The minimum Gasteiger partial charge on any atom is -0.504 e. The maximum absolute atomic E-state index is 12.7. The summed E-state index contributed by atoms with van der Waals surface area (Å²) in [6.45, 7) is 3.32. The zero-order chi connectivity index (χ0) is 27.7. The molecule has 9 nitrogen and oxygen atoms in total.